The molecule has 136 valence electrons. The van der Waals surface area contributed by atoms with Crippen LogP contribution in [0.25, 0.3) is 10.9 Å². The number of aryl methyl sites for hydroxylation is 1. The summed E-state index contributed by atoms with van der Waals surface area (Å²) in [5.41, 5.74) is 3.34. The second kappa shape index (κ2) is 7.58. The normalized spacial score (nSPS) is 15.8. The maximum absolute atomic E-state index is 12.3. The van der Waals surface area contributed by atoms with Crippen molar-refractivity contribution in [2.45, 2.75) is 25.3 Å². The molecule has 0 unspecified atom stereocenters. The smallest absolute Gasteiger partial charge is 0.357 e. The van der Waals surface area contributed by atoms with Gasteiger partial charge in [0, 0.05) is 5.39 Å². The molecule has 1 heterocycles. The Labute approximate surface area is 157 Å². The maximum Gasteiger partial charge on any atom is 0.357 e. The van der Waals surface area contributed by atoms with Crippen molar-refractivity contribution in [3.8, 4) is 0 Å². The van der Waals surface area contributed by atoms with Gasteiger partial charge in [0.15, 0.2) is 6.61 Å². The number of carbonyl (C=O) groups excluding carboxylic acids is 2. The van der Waals surface area contributed by atoms with Crippen molar-refractivity contribution >= 4 is 22.8 Å². The predicted molar refractivity (Wildman–Crippen MR) is 102 cm³/mol. The summed E-state index contributed by atoms with van der Waals surface area (Å²) in [4.78, 5) is 28.8. The summed E-state index contributed by atoms with van der Waals surface area (Å²) in [6.45, 7) is -0.313. The molecule has 1 aliphatic carbocycles. The van der Waals surface area contributed by atoms with E-state index in [4.69, 9.17) is 4.74 Å². The Morgan fingerprint density at radius 1 is 1.04 bits per heavy atom. The standard InChI is InChI=1S/C22H20N2O3/c25-21(24-19-11-5-8-15-6-1-3-9-17(15)19)14-27-22(26)20-13-12-16-7-2-4-10-18(16)23-20/h1-4,6-7,9-10,12-13,19H,5,8,11,14H2,(H,24,25)/t19-/m0/s1. The van der Waals surface area contributed by atoms with Gasteiger partial charge in [-0.25, -0.2) is 9.78 Å². The highest BCUT2D eigenvalue weighted by Gasteiger charge is 2.22. The highest BCUT2D eigenvalue weighted by Crippen LogP contribution is 2.29. The van der Waals surface area contributed by atoms with Crippen molar-refractivity contribution in [2.24, 2.45) is 0 Å². The van der Waals surface area contributed by atoms with Gasteiger partial charge >= 0.3 is 5.97 Å². The van der Waals surface area contributed by atoms with Crippen molar-refractivity contribution in [1.82, 2.24) is 10.3 Å². The van der Waals surface area contributed by atoms with Crippen LogP contribution in [0.3, 0.4) is 0 Å². The highest BCUT2D eigenvalue weighted by atomic mass is 16.5. The monoisotopic (exact) mass is 360 g/mol. The number of para-hydroxylation sites is 1. The molecule has 1 N–H and O–H groups in total. The lowest BCUT2D eigenvalue weighted by Crippen LogP contribution is -2.34. The molecular formula is C22H20N2O3. The summed E-state index contributed by atoms with van der Waals surface area (Å²) in [5, 5.41) is 3.92. The van der Waals surface area contributed by atoms with E-state index in [1.807, 2.05) is 48.5 Å². The summed E-state index contributed by atoms with van der Waals surface area (Å²) in [5.74, 6) is -0.897. The zero-order valence-electron chi connectivity index (χ0n) is 14.9. The van der Waals surface area contributed by atoms with Crippen molar-refractivity contribution < 1.29 is 14.3 Å². The molecule has 1 aromatic heterocycles. The van der Waals surface area contributed by atoms with Gasteiger partial charge in [-0.3, -0.25) is 4.79 Å². The zero-order valence-corrected chi connectivity index (χ0v) is 14.9. The van der Waals surface area contributed by atoms with Crippen LogP contribution in [0.4, 0.5) is 0 Å². The number of ether oxygens (including phenoxy) is 1. The van der Waals surface area contributed by atoms with Crippen LogP contribution in [0, 0.1) is 0 Å². The van der Waals surface area contributed by atoms with E-state index in [9.17, 15) is 9.59 Å². The Kier molecular flexibility index (Phi) is 4.83. The van der Waals surface area contributed by atoms with E-state index in [-0.39, 0.29) is 24.2 Å². The summed E-state index contributed by atoms with van der Waals surface area (Å²) in [6, 6.07) is 19.1. The van der Waals surface area contributed by atoms with Gasteiger partial charge in [-0.05, 0) is 42.5 Å². The second-order valence-electron chi connectivity index (χ2n) is 6.68. The van der Waals surface area contributed by atoms with Crippen LogP contribution >= 0.6 is 0 Å². The fraction of sp³-hybridized carbons (Fsp3) is 0.227. The number of pyridine rings is 1. The third kappa shape index (κ3) is 3.82. The molecule has 1 aliphatic rings. The number of fused-ring (bicyclic) bond motifs is 2. The lowest BCUT2D eigenvalue weighted by molar-refractivity contribution is -0.125. The lowest BCUT2D eigenvalue weighted by atomic mass is 9.88. The van der Waals surface area contributed by atoms with Crippen molar-refractivity contribution in [2.75, 3.05) is 6.61 Å². The van der Waals surface area contributed by atoms with Crippen LogP contribution in [-0.2, 0) is 16.0 Å². The van der Waals surface area contributed by atoms with Crippen LogP contribution in [0.5, 0.6) is 0 Å². The molecule has 0 aliphatic heterocycles. The summed E-state index contributed by atoms with van der Waals surface area (Å²) in [6.07, 6.45) is 2.96. The van der Waals surface area contributed by atoms with Crippen LogP contribution in [0.2, 0.25) is 0 Å². The highest BCUT2D eigenvalue weighted by molar-refractivity contribution is 5.92. The first-order valence-corrected chi connectivity index (χ1v) is 9.11. The number of carbonyl (C=O) groups is 2. The van der Waals surface area contributed by atoms with Gasteiger partial charge in [0.1, 0.15) is 5.69 Å². The molecule has 0 saturated carbocycles. The minimum atomic E-state index is -0.597. The van der Waals surface area contributed by atoms with Crippen LogP contribution in [0.15, 0.2) is 60.7 Å². The second-order valence-corrected chi connectivity index (χ2v) is 6.68. The van der Waals surface area contributed by atoms with E-state index in [0.717, 1.165) is 35.7 Å². The van der Waals surface area contributed by atoms with Gasteiger partial charge in [0.2, 0.25) is 0 Å². The Bertz CT molecular complexity index is 1000. The van der Waals surface area contributed by atoms with E-state index in [1.165, 1.54) is 5.56 Å². The largest absolute Gasteiger partial charge is 0.451 e. The average Bonchev–Trinajstić information content (AvgIpc) is 2.72. The van der Waals surface area contributed by atoms with Crippen LogP contribution in [0.1, 0.15) is 40.5 Å². The van der Waals surface area contributed by atoms with Crippen LogP contribution < -0.4 is 5.32 Å². The van der Waals surface area contributed by atoms with Gasteiger partial charge in [-0.15, -0.1) is 0 Å². The number of hydrogen-bond acceptors (Lipinski definition) is 4. The van der Waals surface area contributed by atoms with E-state index in [1.54, 1.807) is 6.07 Å². The Hall–Kier alpha value is -3.21. The number of esters is 1. The van der Waals surface area contributed by atoms with Crippen LogP contribution in [-0.4, -0.2) is 23.5 Å². The molecule has 4 rings (SSSR count). The third-order valence-electron chi connectivity index (χ3n) is 4.85. The molecular weight excluding hydrogens is 340 g/mol. The third-order valence-corrected chi connectivity index (χ3v) is 4.85. The number of benzene rings is 2. The van der Waals surface area contributed by atoms with Crippen molar-refractivity contribution in [1.29, 1.82) is 0 Å². The van der Waals surface area contributed by atoms with E-state index < -0.39 is 5.97 Å². The van der Waals surface area contributed by atoms with E-state index in [0.29, 0.717) is 0 Å². The van der Waals surface area contributed by atoms with Gasteiger partial charge in [-0.2, -0.15) is 0 Å². The fourth-order valence-electron chi connectivity index (χ4n) is 3.52. The Morgan fingerprint density at radius 3 is 2.78 bits per heavy atom. The topological polar surface area (TPSA) is 68.3 Å². The molecule has 1 atom stereocenters. The number of aromatic nitrogens is 1. The molecule has 27 heavy (non-hydrogen) atoms. The van der Waals surface area contributed by atoms with Gasteiger partial charge in [0.25, 0.3) is 5.91 Å². The molecule has 0 radical (unpaired) electrons. The van der Waals surface area contributed by atoms with Crippen molar-refractivity contribution in [3.63, 3.8) is 0 Å². The Balaban J connectivity index is 1.37. The summed E-state index contributed by atoms with van der Waals surface area (Å²) < 4.78 is 5.15. The average molecular weight is 360 g/mol. The quantitative estimate of drug-likeness (QED) is 0.722. The first-order valence-electron chi connectivity index (χ1n) is 9.11. The van der Waals surface area contributed by atoms with Gasteiger partial charge < -0.3 is 10.1 Å². The summed E-state index contributed by atoms with van der Waals surface area (Å²) in [7, 11) is 0. The molecule has 0 spiro atoms. The first kappa shape index (κ1) is 17.2. The molecule has 2 aromatic carbocycles. The van der Waals surface area contributed by atoms with Crippen molar-refractivity contribution in [3.05, 3.63) is 77.5 Å². The molecule has 0 fully saturated rings. The van der Waals surface area contributed by atoms with Gasteiger partial charge in [0.05, 0.1) is 11.6 Å². The molecule has 5 nitrogen and oxygen atoms in total. The number of nitrogens with zero attached hydrogens (tertiary/aromatic N) is 1. The molecule has 0 saturated heterocycles. The fourth-order valence-corrected chi connectivity index (χ4v) is 3.52. The minimum absolute atomic E-state index is 0.0278. The number of hydrogen-bond donors (Lipinski definition) is 1. The maximum atomic E-state index is 12.3. The minimum Gasteiger partial charge on any atom is -0.451 e. The molecule has 5 heteroatoms. The number of nitrogens with one attached hydrogen (secondary N) is 1. The number of amides is 1. The number of rotatable bonds is 4. The first-order chi connectivity index (χ1) is 13.2. The van der Waals surface area contributed by atoms with E-state index >= 15 is 0 Å². The predicted octanol–water partition coefficient (Wildman–Crippen LogP) is 3.59. The molecule has 0 bridgehead atoms. The molecule has 3 aromatic rings. The Morgan fingerprint density at radius 2 is 1.85 bits per heavy atom. The SMILES string of the molecule is O=C(COC(=O)c1ccc2ccccc2n1)N[C@H]1CCCc2ccccc21. The summed E-state index contributed by atoms with van der Waals surface area (Å²) >= 11 is 0. The molecule has 1 amide bonds. The van der Waals surface area contributed by atoms with Gasteiger partial charge in [-0.1, -0.05) is 48.5 Å². The lowest BCUT2D eigenvalue weighted by Gasteiger charge is -2.26. The zero-order chi connectivity index (χ0) is 18.6. The van der Waals surface area contributed by atoms with E-state index in [2.05, 4.69) is 16.4 Å².